The van der Waals surface area contributed by atoms with Crippen LogP contribution in [0.1, 0.15) is 6.42 Å². The number of fused-ring (bicyclic) bond motifs is 1. The van der Waals surface area contributed by atoms with E-state index in [0.29, 0.717) is 17.5 Å². The summed E-state index contributed by atoms with van der Waals surface area (Å²) in [6, 6.07) is 15.1. The average Bonchev–Trinajstić information content (AvgIpc) is 3.10. The Morgan fingerprint density at radius 1 is 1.20 bits per heavy atom. The Kier molecular flexibility index (Phi) is 4.19. The molecular weight excluding hydrogens is 336 g/mol. The summed E-state index contributed by atoms with van der Waals surface area (Å²) in [6.45, 7) is 2.35. The molecule has 2 aromatic carbocycles. The minimum absolute atomic E-state index is 0.299. The molecule has 0 amide bonds. The highest BCUT2D eigenvalue weighted by molar-refractivity contribution is 6.31. The number of nitrogens with two attached hydrogens (primary N) is 1. The van der Waals surface area contributed by atoms with Gasteiger partial charge in [-0.15, -0.1) is 0 Å². The normalized spacial score (nSPS) is 17.4. The SMILES string of the molecule is NCC1CCN(c2nc(=O)n(-c3ccccc3)c3cc(Cl)ccc23)C1. The van der Waals surface area contributed by atoms with Crippen LogP contribution in [0.3, 0.4) is 0 Å². The largest absolute Gasteiger partial charge is 0.356 e. The van der Waals surface area contributed by atoms with Gasteiger partial charge in [0.2, 0.25) is 0 Å². The van der Waals surface area contributed by atoms with Gasteiger partial charge < -0.3 is 10.6 Å². The molecule has 0 spiro atoms. The maximum Gasteiger partial charge on any atom is 0.354 e. The Labute approximate surface area is 150 Å². The predicted octanol–water partition coefficient (Wildman–Crippen LogP) is 2.82. The average molecular weight is 355 g/mol. The van der Waals surface area contributed by atoms with Crippen molar-refractivity contribution in [3.05, 3.63) is 64.0 Å². The molecule has 128 valence electrons. The third-order valence-electron chi connectivity index (χ3n) is 4.77. The molecule has 1 saturated heterocycles. The Balaban J connectivity index is 1.95. The van der Waals surface area contributed by atoms with Gasteiger partial charge in [0.25, 0.3) is 0 Å². The Morgan fingerprint density at radius 2 is 2.00 bits per heavy atom. The third kappa shape index (κ3) is 2.90. The van der Waals surface area contributed by atoms with Crippen LogP contribution in [0.4, 0.5) is 5.82 Å². The molecule has 0 aliphatic carbocycles. The van der Waals surface area contributed by atoms with Gasteiger partial charge in [0.1, 0.15) is 5.82 Å². The fourth-order valence-corrected chi connectivity index (χ4v) is 3.63. The van der Waals surface area contributed by atoms with Crippen LogP contribution in [-0.4, -0.2) is 29.2 Å². The fraction of sp³-hybridized carbons (Fsp3) is 0.263. The summed E-state index contributed by atoms with van der Waals surface area (Å²) >= 11 is 6.22. The number of para-hydroxylation sites is 1. The number of rotatable bonds is 3. The molecule has 4 rings (SSSR count). The quantitative estimate of drug-likeness (QED) is 0.785. The first-order valence-electron chi connectivity index (χ1n) is 8.40. The lowest BCUT2D eigenvalue weighted by Crippen LogP contribution is -2.29. The van der Waals surface area contributed by atoms with E-state index < -0.39 is 0 Å². The molecular formula is C19H19ClN4O. The van der Waals surface area contributed by atoms with E-state index >= 15 is 0 Å². The number of aromatic nitrogens is 2. The van der Waals surface area contributed by atoms with Gasteiger partial charge in [0.05, 0.1) is 11.2 Å². The van der Waals surface area contributed by atoms with Crippen LogP contribution in [-0.2, 0) is 0 Å². The van der Waals surface area contributed by atoms with Gasteiger partial charge in [-0.25, -0.2) is 4.79 Å². The van der Waals surface area contributed by atoms with Crippen molar-refractivity contribution in [2.75, 3.05) is 24.5 Å². The topological polar surface area (TPSA) is 64.2 Å². The molecule has 3 aromatic rings. The minimum atomic E-state index is -0.299. The molecule has 5 nitrogen and oxygen atoms in total. The molecule has 0 bridgehead atoms. The lowest BCUT2D eigenvalue weighted by molar-refractivity contribution is 0.602. The number of halogens is 1. The van der Waals surface area contributed by atoms with Crippen molar-refractivity contribution in [2.24, 2.45) is 11.7 Å². The van der Waals surface area contributed by atoms with E-state index in [9.17, 15) is 4.79 Å². The van der Waals surface area contributed by atoms with Gasteiger partial charge in [0.15, 0.2) is 0 Å². The van der Waals surface area contributed by atoms with Crippen LogP contribution < -0.4 is 16.3 Å². The molecule has 1 aliphatic heterocycles. The fourth-order valence-electron chi connectivity index (χ4n) is 3.47. The van der Waals surface area contributed by atoms with E-state index in [0.717, 1.165) is 41.9 Å². The lowest BCUT2D eigenvalue weighted by Gasteiger charge is -2.21. The molecule has 1 fully saturated rings. The standard InChI is InChI=1S/C19H19ClN4O/c20-14-6-7-16-17(10-14)24(15-4-2-1-3-5-15)19(25)22-18(16)23-9-8-13(11-21)12-23/h1-7,10,13H,8-9,11-12,21H2. The summed E-state index contributed by atoms with van der Waals surface area (Å²) in [4.78, 5) is 19.4. The molecule has 1 aromatic heterocycles. The minimum Gasteiger partial charge on any atom is -0.356 e. The Bertz CT molecular complexity index is 970. The van der Waals surface area contributed by atoms with Crippen molar-refractivity contribution >= 4 is 28.3 Å². The maximum atomic E-state index is 12.8. The Morgan fingerprint density at radius 3 is 2.72 bits per heavy atom. The predicted molar refractivity (Wildman–Crippen MR) is 102 cm³/mol. The lowest BCUT2D eigenvalue weighted by atomic mass is 10.1. The van der Waals surface area contributed by atoms with Gasteiger partial charge in [-0.2, -0.15) is 4.98 Å². The maximum absolute atomic E-state index is 12.8. The number of hydrogen-bond donors (Lipinski definition) is 1. The van der Waals surface area contributed by atoms with Crippen molar-refractivity contribution in [3.8, 4) is 5.69 Å². The van der Waals surface area contributed by atoms with Crippen LogP contribution in [0.15, 0.2) is 53.3 Å². The van der Waals surface area contributed by atoms with Crippen LogP contribution in [0.2, 0.25) is 5.02 Å². The molecule has 6 heteroatoms. The van der Waals surface area contributed by atoms with Crippen LogP contribution in [0.5, 0.6) is 0 Å². The van der Waals surface area contributed by atoms with E-state index in [-0.39, 0.29) is 5.69 Å². The third-order valence-corrected chi connectivity index (χ3v) is 5.00. The number of hydrogen-bond acceptors (Lipinski definition) is 4. The zero-order valence-electron chi connectivity index (χ0n) is 13.7. The number of anilines is 1. The molecule has 1 aliphatic rings. The molecule has 1 atom stereocenters. The van der Waals surface area contributed by atoms with E-state index in [1.807, 2.05) is 48.5 Å². The molecule has 0 saturated carbocycles. The van der Waals surface area contributed by atoms with Crippen LogP contribution >= 0.6 is 11.6 Å². The van der Waals surface area contributed by atoms with E-state index in [4.69, 9.17) is 17.3 Å². The molecule has 0 radical (unpaired) electrons. The van der Waals surface area contributed by atoms with Gasteiger partial charge in [0, 0.05) is 23.5 Å². The zero-order valence-corrected chi connectivity index (χ0v) is 14.5. The van der Waals surface area contributed by atoms with Crippen molar-refractivity contribution in [1.82, 2.24) is 9.55 Å². The van der Waals surface area contributed by atoms with E-state index in [1.165, 1.54) is 0 Å². The van der Waals surface area contributed by atoms with Gasteiger partial charge in [-0.1, -0.05) is 29.8 Å². The summed E-state index contributed by atoms with van der Waals surface area (Å²) in [6.07, 6.45) is 1.02. The first-order valence-corrected chi connectivity index (χ1v) is 8.78. The first-order chi connectivity index (χ1) is 12.2. The van der Waals surface area contributed by atoms with Gasteiger partial charge >= 0.3 is 5.69 Å². The van der Waals surface area contributed by atoms with Crippen molar-refractivity contribution in [3.63, 3.8) is 0 Å². The highest BCUT2D eigenvalue weighted by Gasteiger charge is 2.25. The van der Waals surface area contributed by atoms with Crippen molar-refractivity contribution in [2.45, 2.75) is 6.42 Å². The summed E-state index contributed by atoms with van der Waals surface area (Å²) in [5.41, 5.74) is 7.05. The number of benzene rings is 2. The summed E-state index contributed by atoms with van der Waals surface area (Å²) in [5, 5.41) is 1.51. The summed E-state index contributed by atoms with van der Waals surface area (Å²) in [5.74, 6) is 1.17. The monoisotopic (exact) mass is 354 g/mol. The first kappa shape index (κ1) is 16.1. The van der Waals surface area contributed by atoms with Crippen LogP contribution in [0.25, 0.3) is 16.6 Å². The Hall–Kier alpha value is -2.37. The van der Waals surface area contributed by atoms with Crippen molar-refractivity contribution < 1.29 is 0 Å². The highest BCUT2D eigenvalue weighted by atomic mass is 35.5. The second kappa shape index (κ2) is 6.50. The molecule has 2 N–H and O–H groups in total. The highest BCUT2D eigenvalue weighted by Crippen LogP contribution is 2.30. The molecule has 2 heterocycles. The molecule has 25 heavy (non-hydrogen) atoms. The van der Waals surface area contributed by atoms with E-state index in [1.54, 1.807) is 4.57 Å². The summed E-state index contributed by atoms with van der Waals surface area (Å²) in [7, 11) is 0. The van der Waals surface area contributed by atoms with Gasteiger partial charge in [-0.3, -0.25) is 4.57 Å². The number of nitrogens with zero attached hydrogens (tertiary/aromatic N) is 3. The van der Waals surface area contributed by atoms with E-state index in [2.05, 4.69) is 9.88 Å². The van der Waals surface area contributed by atoms with Gasteiger partial charge in [-0.05, 0) is 49.2 Å². The molecule has 1 unspecified atom stereocenters. The summed E-state index contributed by atoms with van der Waals surface area (Å²) < 4.78 is 1.61. The van der Waals surface area contributed by atoms with Crippen molar-refractivity contribution in [1.29, 1.82) is 0 Å². The second-order valence-electron chi connectivity index (χ2n) is 6.39. The zero-order chi connectivity index (χ0) is 17.4. The smallest absolute Gasteiger partial charge is 0.354 e. The second-order valence-corrected chi connectivity index (χ2v) is 6.82. The van der Waals surface area contributed by atoms with Crippen LogP contribution in [0, 0.1) is 5.92 Å².